The van der Waals surface area contributed by atoms with Crippen LogP contribution in [0.3, 0.4) is 0 Å². The summed E-state index contributed by atoms with van der Waals surface area (Å²) < 4.78 is 2.00. The highest BCUT2D eigenvalue weighted by Crippen LogP contribution is 1.92. The van der Waals surface area contributed by atoms with Crippen molar-refractivity contribution >= 4 is 0 Å². The smallest absolute Gasteiger partial charge is 0.0945 e. The van der Waals surface area contributed by atoms with Crippen LogP contribution in [0.25, 0.3) is 0 Å². The fraction of sp³-hybridized carbons (Fsp3) is 0.625. The Morgan fingerprint density at radius 2 is 2.18 bits per heavy atom. The molecule has 1 aromatic rings. The summed E-state index contributed by atoms with van der Waals surface area (Å²) in [6, 6.07) is 0. The third-order valence-corrected chi connectivity index (χ3v) is 1.27. The molecule has 0 saturated carbocycles. The summed E-state index contributed by atoms with van der Waals surface area (Å²) in [5, 5.41) is 3.05. The van der Waals surface area contributed by atoms with Gasteiger partial charge in [0.15, 0.2) is 0 Å². The predicted molar refractivity (Wildman–Crippen MR) is 47.3 cm³/mol. The van der Waals surface area contributed by atoms with Crippen molar-refractivity contribution in [2.24, 2.45) is 7.05 Å². The van der Waals surface area contributed by atoms with E-state index in [0.29, 0.717) is 0 Å². The van der Waals surface area contributed by atoms with Crippen molar-refractivity contribution in [3.63, 3.8) is 0 Å². The Balaban J connectivity index is 0.000000461. The fourth-order valence-corrected chi connectivity index (χ4v) is 0.736. The molecule has 0 aliphatic rings. The largest absolute Gasteiger partial charge is 0.337 e. The maximum Gasteiger partial charge on any atom is 0.0945 e. The number of nitrogens with one attached hydrogen (secondary N) is 1. The molecule has 0 aliphatic heterocycles. The molecule has 1 aromatic heterocycles. The van der Waals surface area contributed by atoms with Crippen LogP contribution in [0, 0.1) is 0 Å². The van der Waals surface area contributed by atoms with Crippen molar-refractivity contribution in [1.82, 2.24) is 14.9 Å². The lowest BCUT2D eigenvalue weighted by Gasteiger charge is -1.97. The van der Waals surface area contributed by atoms with Crippen molar-refractivity contribution in [3.8, 4) is 0 Å². The van der Waals surface area contributed by atoms with E-state index in [2.05, 4.69) is 10.3 Å². The van der Waals surface area contributed by atoms with E-state index < -0.39 is 0 Å². The minimum Gasteiger partial charge on any atom is -0.337 e. The second-order valence-corrected chi connectivity index (χ2v) is 2.03. The van der Waals surface area contributed by atoms with Crippen LogP contribution in [0.2, 0.25) is 0 Å². The van der Waals surface area contributed by atoms with Gasteiger partial charge in [0.1, 0.15) is 0 Å². The number of hydrogen-bond donors (Lipinski definition) is 1. The molecule has 1 rings (SSSR count). The van der Waals surface area contributed by atoms with Crippen LogP contribution in [0.15, 0.2) is 12.5 Å². The first-order valence-corrected chi connectivity index (χ1v) is 3.94. The van der Waals surface area contributed by atoms with Crippen LogP contribution in [0.1, 0.15) is 19.5 Å². The van der Waals surface area contributed by atoms with Crippen molar-refractivity contribution in [2.45, 2.75) is 20.4 Å². The minimum atomic E-state index is 0.885. The van der Waals surface area contributed by atoms with Gasteiger partial charge in [-0.15, -0.1) is 0 Å². The van der Waals surface area contributed by atoms with Gasteiger partial charge in [-0.3, -0.25) is 0 Å². The Labute approximate surface area is 68.5 Å². The molecule has 64 valence electrons. The van der Waals surface area contributed by atoms with Crippen LogP contribution in [-0.2, 0) is 13.6 Å². The number of aromatic nitrogens is 2. The lowest BCUT2D eigenvalue weighted by Crippen LogP contribution is -2.08. The molecule has 0 aliphatic carbocycles. The molecule has 3 heteroatoms. The minimum absolute atomic E-state index is 0.885. The molecule has 0 spiro atoms. The molecule has 0 aromatic carbocycles. The average Bonchev–Trinajstić information content (AvgIpc) is 2.42. The van der Waals surface area contributed by atoms with Gasteiger partial charge in [-0.1, -0.05) is 13.8 Å². The molecule has 1 heterocycles. The third-order valence-electron chi connectivity index (χ3n) is 1.27. The Morgan fingerprint density at radius 1 is 1.55 bits per heavy atom. The normalized spacial score (nSPS) is 8.73. The Bertz CT molecular complexity index is 181. The van der Waals surface area contributed by atoms with Gasteiger partial charge in [0.05, 0.1) is 12.0 Å². The molecule has 0 saturated heterocycles. The third kappa shape index (κ3) is 3.18. The van der Waals surface area contributed by atoms with Crippen LogP contribution in [-0.4, -0.2) is 16.6 Å². The number of rotatable bonds is 2. The van der Waals surface area contributed by atoms with Gasteiger partial charge in [-0.25, -0.2) is 4.98 Å². The first kappa shape index (κ1) is 10.2. The molecule has 0 bridgehead atoms. The lowest BCUT2D eigenvalue weighted by atomic mass is 10.5. The molecule has 1 N–H and O–H groups in total. The standard InChI is InChI=1S/C6H11N3.C2H6/c1-7-3-6-4-8-5-9(6)2;1-2/h4-5,7H,3H2,1-2H3;1-2H3. The van der Waals surface area contributed by atoms with E-state index in [4.69, 9.17) is 0 Å². The van der Waals surface area contributed by atoms with Gasteiger partial charge in [0.25, 0.3) is 0 Å². The second-order valence-electron chi connectivity index (χ2n) is 2.03. The van der Waals surface area contributed by atoms with Crippen LogP contribution < -0.4 is 5.32 Å². The van der Waals surface area contributed by atoms with Gasteiger partial charge < -0.3 is 9.88 Å². The molecule has 0 fully saturated rings. The first-order valence-electron chi connectivity index (χ1n) is 3.94. The topological polar surface area (TPSA) is 29.9 Å². The summed E-state index contributed by atoms with van der Waals surface area (Å²) >= 11 is 0. The van der Waals surface area contributed by atoms with E-state index in [0.717, 1.165) is 6.54 Å². The Kier molecular flexibility index (Phi) is 5.47. The maximum atomic E-state index is 3.96. The second kappa shape index (κ2) is 5.92. The SMILES string of the molecule is CC.CNCc1cncn1C. The average molecular weight is 155 g/mol. The molecule has 0 unspecified atom stereocenters. The summed E-state index contributed by atoms with van der Waals surface area (Å²) in [7, 11) is 3.91. The van der Waals surface area contributed by atoms with Gasteiger partial charge in [0, 0.05) is 19.8 Å². The summed E-state index contributed by atoms with van der Waals surface area (Å²) in [5.41, 5.74) is 1.21. The van der Waals surface area contributed by atoms with Gasteiger partial charge in [0.2, 0.25) is 0 Å². The van der Waals surface area contributed by atoms with E-state index >= 15 is 0 Å². The molecular formula is C8H17N3. The van der Waals surface area contributed by atoms with Crippen molar-refractivity contribution in [1.29, 1.82) is 0 Å². The number of aryl methyl sites for hydroxylation is 1. The molecule has 0 atom stereocenters. The summed E-state index contributed by atoms with van der Waals surface area (Å²) in [5.74, 6) is 0. The molecule has 0 amide bonds. The zero-order chi connectivity index (χ0) is 8.69. The van der Waals surface area contributed by atoms with E-state index in [1.165, 1.54) is 5.69 Å². The van der Waals surface area contributed by atoms with Gasteiger partial charge in [-0.05, 0) is 7.05 Å². The Morgan fingerprint density at radius 3 is 2.55 bits per heavy atom. The Hall–Kier alpha value is -0.830. The van der Waals surface area contributed by atoms with E-state index in [9.17, 15) is 0 Å². The summed E-state index contributed by atoms with van der Waals surface area (Å²) in [6.07, 6.45) is 3.66. The highest BCUT2D eigenvalue weighted by molar-refractivity contribution is 4.96. The van der Waals surface area contributed by atoms with Crippen LogP contribution >= 0.6 is 0 Å². The molecule has 3 nitrogen and oxygen atoms in total. The zero-order valence-corrected chi connectivity index (χ0v) is 7.76. The molecular weight excluding hydrogens is 138 g/mol. The number of hydrogen-bond acceptors (Lipinski definition) is 2. The number of nitrogens with zero attached hydrogens (tertiary/aromatic N) is 2. The monoisotopic (exact) mass is 155 g/mol. The van der Waals surface area contributed by atoms with Gasteiger partial charge in [-0.2, -0.15) is 0 Å². The predicted octanol–water partition coefficient (Wildman–Crippen LogP) is 1.17. The highest BCUT2D eigenvalue weighted by Gasteiger charge is 1.92. The quantitative estimate of drug-likeness (QED) is 0.694. The molecule has 0 radical (unpaired) electrons. The molecule has 11 heavy (non-hydrogen) atoms. The van der Waals surface area contributed by atoms with Gasteiger partial charge >= 0.3 is 0 Å². The summed E-state index contributed by atoms with van der Waals surface area (Å²) in [6.45, 7) is 4.89. The van der Waals surface area contributed by atoms with E-state index in [1.54, 1.807) is 6.33 Å². The van der Waals surface area contributed by atoms with E-state index in [1.807, 2.05) is 38.7 Å². The highest BCUT2D eigenvalue weighted by atomic mass is 15.0. The number of imidazole rings is 1. The van der Waals surface area contributed by atoms with E-state index in [-0.39, 0.29) is 0 Å². The van der Waals surface area contributed by atoms with Crippen LogP contribution in [0.4, 0.5) is 0 Å². The van der Waals surface area contributed by atoms with Crippen molar-refractivity contribution in [2.75, 3.05) is 7.05 Å². The maximum absolute atomic E-state index is 3.96. The van der Waals surface area contributed by atoms with Crippen molar-refractivity contribution in [3.05, 3.63) is 18.2 Å². The fourth-order valence-electron chi connectivity index (χ4n) is 0.736. The summed E-state index contributed by atoms with van der Waals surface area (Å²) in [4.78, 5) is 3.96. The van der Waals surface area contributed by atoms with Crippen molar-refractivity contribution < 1.29 is 0 Å². The first-order chi connectivity index (χ1) is 5.34. The zero-order valence-electron chi connectivity index (χ0n) is 7.76. The lowest BCUT2D eigenvalue weighted by molar-refractivity contribution is 0.734. The van der Waals surface area contributed by atoms with Crippen LogP contribution in [0.5, 0.6) is 0 Å².